The van der Waals surface area contributed by atoms with Crippen molar-refractivity contribution in [2.45, 2.75) is 56.1 Å². The number of rotatable bonds is 6. The molecule has 138 valence electrons. The molecular weight excluding hydrogens is 344 g/mol. The number of halogens is 1. The summed E-state index contributed by atoms with van der Waals surface area (Å²) in [6.45, 7) is 4.17. The molecule has 0 bridgehead atoms. The lowest BCUT2D eigenvalue weighted by Gasteiger charge is -2.41. The third-order valence-electron chi connectivity index (χ3n) is 5.69. The predicted octanol–water partition coefficient (Wildman–Crippen LogP) is 5.72. The minimum atomic E-state index is -0.857. The molecule has 26 heavy (non-hydrogen) atoms. The van der Waals surface area contributed by atoms with Crippen molar-refractivity contribution in [2.24, 2.45) is 0 Å². The molecule has 0 atom stereocenters. The molecule has 0 saturated heterocycles. The number of hydrogen-bond acceptors (Lipinski definition) is 2. The van der Waals surface area contributed by atoms with Gasteiger partial charge >= 0.3 is 0 Å². The summed E-state index contributed by atoms with van der Waals surface area (Å²) >= 11 is 5.94. The highest BCUT2D eigenvalue weighted by Gasteiger charge is 2.41. The van der Waals surface area contributed by atoms with Gasteiger partial charge in [-0.3, -0.25) is 0 Å². The molecule has 2 N–H and O–H groups in total. The van der Waals surface area contributed by atoms with Gasteiger partial charge in [0.25, 0.3) is 0 Å². The van der Waals surface area contributed by atoms with Gasteiger partial charge in [0.05, 0.1) is 11.2 Å². The highest BCUT2D eigenvalue weighted by molar-refractivity contribution is 6.30. The topological polar surface area (TPSA) is 40.5 Å². The van der Waals surface area contributed by atoms with E-state index in [1.165, 1.54) is 5.56 Å². The smallest absolute Gasteiger partial charge is 0.0898 e. The molecule has 1 aliphatic carbocycles. The zero-order chi connectivity index (χ0) is 18.6. The Labute approximate surface area is 161 Å². The SMILES string of the molecule is C=C(CCCC1(O)CCC(O)(c2ccc(Cl)cc2)CC1)c1ccccc1. The summed E-state index contributed by atoms with van der Waals surface area (Å²) in [7, 11) is 0. The van der Waals surface area contributed by atoms with Gasteiger partial charge in [-0.15, -0.1) is 0 Å². The maximum absolute atomic E-state index is 11.0. The third-order valence-corrected chi connectivity index (χ3v) is 5.94. The summed E-state index contributed by atoms with van der Waals surface area (Å²) in [6.07, 6.45) is 4.91. The predicted molar refractivity (Wildman–Crippen MR) is 108 cm³/mol. The molecule has 0 aliphatic heterocycles. The van der Waals surface area contributed by atoms with Crippen LogP contribution in [0.3, 0.4) is 0 Å². The molecule has 2 aromatic carbocycles. The molecule has 0 spiro atoms. The van der Waals surface area contributed by atoms with Crippen molar-refractivity contribution in [3.63, 3.8) is 0 Å². The first-order chi connectivity index (χ1) is 12.4. The zero-order valence-corrected chi connectivity index (χ0v) is 15.9. The highest BCUT2D eigenvalue weighted by Crippen LogP contribution is 2.43. The fraction of sp³-hybridized carbons (Fsp3) is 0.391. The Bertz CT molecular complexity index is 729. The maximum atomic E-state index is 11.0. The summed E-state index contributed by atoms with van der Waals surface area (Å²) in [4.78, 5) is 0. The summed E-state index contributed by atoms with van der Waals surface area (Å²) in [6, 6.07) is 17.6. The van der Waals surface area contributed by atoms with Crippen LogP contribution in [0.4, 0.5) is 0 Å². The van der Waals surface area contributed by atoms with Gasteiger partial charge < -0.3 is 10.2 Å². The Morgan fingerprint density at radius 3 is 2.15 bits per heavy atom. The lowest BCUT2D eigenvalue weighted by Crippen LogP contribution is -2.41. The van der Waals surface area contributed by atoms with Gasteiger partial charge in [0.2, 0.25) is 0 Å². The Hall–Kier alpha value is -1.61. The molecule has 0 radical (unpaired) electrons. The highest BCUT2D eigenvalue weighted by atomic mass is 35.5. The van der Waals surface area contributed by atoms with Crippen molar-refractivity contribution in [3.8, 4) is 0 Å². The molecule has 1 saturated carbocycles. The van der Waals surface area contributed by atoms with E-state index in [9.17, 15) is 10.2 Å². The van der Waals surface area contributed by atoms with Crippen LogP contribution in [0.1, 0.15) is 56.1 Å². The van der Waals surface area contributed by atoms with E-state index in [-0.39, 0.29) is 0 Å². The van der Waals surface area contributed by atoms with Crippen LogP contribution < -0.4 is 0 Å². The summed E-state index contributed by atoms with van der Waals surface area (Å²) in [5, 5.41) is 22.5. The van der Waals surface area contributed by atoms with Crippen molar-refractivity contribution in [1.29, 1.82) is 0 Å². The molecule has 3 rings (SSSR count). The van der Waals surface area contributed by atoms with Gasteiger partial charge in [-0.25, -0.2) is 0 Å². The summed E-state index contributed by atoms with van der Waals surface area (Å²) < 4.78 is 0. The first kappa shape index (κ1) is 19.2. The van der Waals surface area contributed by atoms with Crippen LogP contribution in [-0.2, 0) is 5.60 Å². The Morgan fingerprint density at radius 1 is 0.923 bits per heavy atom. The standard InChI is InChI=1S/C23H27ClO2/c1-18(19-7-3-2-4-8-19)6-5-13-22(25)14-16-23(26,17-15-22)20-9-11-21(24)12-10-20/h2-4,7-12,25-26H,1,5-6,13-17H2. The van der Waals surface area contributed by atoms with E-state index in [1.54, 1.807) is 0 Å². The molecule has 0 amide bonds. The average Bonchev–Trinajstić information content (AvgIpc) is 2.66. The average molecular weight is 371 g/mol. The fourth-order valence-corrected chi connectivity index (χ4v) is 4.00. The van der Waals surface area contributed by atoms with E-state index in [2.05, 4.69) is 18.7 Å². The van der Waals surface area contributed by atoms with Crippen LogP contribution in [0.25, 0.3) is 5.57 Å². The van der Waals surface area contributed by atoms with E-state index in [0.29, 0.717) is 30.7 Å². The van der Waals surface area contributed by atoms with Gasteiger partial charge in [0, 0.05) is 5.02 Å². The number of benzene rings is 2. The van der Waals surface area contributed by atoms with Crippen molar-refractivity contribution >= 4 is 17.2 Å². The van der Waals surface area contributed by atoms with Gasteiger partial charge in [-0.05, 0) is 73.8 Å². The Balaban J connectivity index is 1.51. The first-order valence-corrected chi connectivity index (χ1v) is 9.72. The monoisotopic (exact) mass is 370 g/mol. The molecule has 0 unspecified atom stereocenters. The van der Waals surface area contributed by atoms with Crippen LogP contribution in [0.2, 0.25) is 5.02 Å². The largest absolute Gasteiger partial charge is 0.390 e. The second-order valence-corrected chi connectivity index (χ2v) is 8.02. The Morgan fingerprint density at radius 2 is 1.54 bits per heavy atom. The fourth-order valence-electron chi connectivity index (χ4n) is 3.88. The van der Waals surface area contributed by atoms with E-state index in [0.717, 1.165) is 30.4 Å². The second-order valence-electron chi connectivity index (χ2n) is 7.59. The third kappa shape index (κ3) is 4.56. The number of hydrogen-bond donors (Lipinski definition) is 2. The Kier molecular flexibility index (Phi) is 5.86. The van der Waals surface area contributed by atoms with Crippen LogP contribution in [0.15, 0.2) is 61.2 Å². The lowest BCUT2D eigenvalue weighted by molar-refractivity contribution is -0.0883. The minimum absolute atomic E-state index is 0.574. The molecule has 0 heterocycles. The minimum Gasteiger partial charge on any atom is -0.390 e. The summed E-state index contributed by atoms with van der Waals surface area (Å²) in [5.74, 6) is 0. The van der Waals surface area contributed by atoms with Gasteiger partial charge in [0.1, 0.15) is 0 Å². The van der Waals surface area contributed by atoms with E-state index < -0.39 is 11.2 Å². The van der Waals surface area contributed by atoms with E-state index in [1.807, 2.05) is 42.5 Å². The van der Waals surface area contributed by atoms with Crippen molar-refractivity contribution in [1.82, 2.24) is 0 Å². The molecule has 2 nitrogen and oxygen atoms in total. The zero-order valence-electron chi connectivity index (χ0n) is 15.1. The number of allylic oxidation sites excluding steroid dienone is 1. The van der Waals surface area contributed by atoms with Crippen molar-refractivity contribution < 1.29 is 10.2 Å². The van der Waals surface area contributed by atoms with Crippen LogP contribution in [-0.4, -0.2) is 15.8 Å². The van der Waals surface area contributed by atoms with Gasteiger partial charge in [0.15, 0.2) is 0 Å². The molecule has 0 aromatic heterocycles. The number of aliphatic hydroxyl groups is 2. The first-order valence-electron chi connectivity index (χ1n) is 9.34. The lowest BCUT2D eigenvalue weighted by atomic mass is 9.71. The second kappa shape index (κ2) is 7.96. The van der Waals surface area contributed by atoms with Crippen molar-refractivity contribution in [3.05, 3.63) is 77.3 Å². The molecule has 3 heteroatoms. The van der Waals surface area contributed by atoms with Crippen molar-refractivity contribution in [2.75, 3.05) is 0 Å². The van der Waals surface area contributed by atoms with Gasteiger partial charge in [-0.2, -0.15) is 0 Å². The van der Waals surface area contributed by atoms with Crippen LogP contribution in [0.5, 0.6) is 0 Å². The van der Waals surface area contributed by atoms with Gasteiger partial charge in [-0.1, -0.05) is 60.6 Å². The normalized spacial score (nSPS) is 25.8. The molecule has 1 fully saturated rings. The van der Waals surface area contributed by atoms with E-state index >= 15 is 0 Å². The van der Waals surface area contributed by atoms with Crippen LogP contribution >= 0.6 is 11.6 Å². The quantitative estimate of drug-likeness (QED) is 0.683. The molecular formula is C23H27ClO2. The molecule has 1 aliphatic rings. The molecule has 2 aromatic rings. The summed E-state index contributed by atoms with van der Waals surface area (Å²) in [5.41, 5.74) is 1.63. The maximum Gasteiger partial charge on any atom is 0.0898 e. The van der Waals surface area contributed by atoms with E-state index in [4.69, 9.17) is 11.6 Å². The van der Waals surface area contributed by atoms with Crippen LogP contribution in [0, 0.1) is 0 Å².